The third-order valence-corrected chi connectivity index (χ3v) is 9.03. The molecule has 0 fully saturated rings. The van der Waals surface area contributed by atoms with Crippen molar-refractivity contribution >= 4 is 11.9 Å². The number of hydrogen-bond acceptors (Lipinski definition) is 5. The average molecular weight is 713 g/mol. The molecule has 0 aliphatic heterocycles. The number of aliphatic hydroxyl groups is 1. The Morgan fingerprint density at radius 2 is 0.784 bits per heavy atom. The van der Waals surface area contributed by atoms with E-state index in [9.17, 15) is 14.7 Å². The van der Waals surface area contributed by atoms with Crippen LogP contribution in [0.15, 0.2) is 60.8 Å². The van der Waals surface area contributed by atoms with E-state index in [1.54, 1.807) is 0 Å². The van der Waals surface area contributed by atoms with E-state index in [0.29, 0.717) is 12.8 Å². The Labute approximate surface area is 315 Å². The van der Waals surface area contributed by atoms with Crippen LogP contribution in [-0.2, 0) is 19.1 Å². The first kappa shape index (κ1) is 48.6. The van der Waals surface area contributed by atoms with Crippen LogP contribution in [0.3, 0.4) is 0 Å². The van der Waals surface area contributed by atoms with Gasteiger partial charge in [-0.05, 0) is 83.5 Å². The number of allylic oxidation sites excluding steroid dienone is 10. The molecular weight excluding hydrogens is 633 g/mol. The van der Waals surface area contributed by atoms with Crippen molar-refractivity contribution < 1.29 is 24.2 Å². The molecule has 0 rings (SSSR count). The average Bonchev–Trinajstić information content (AvgIpc) is 3.13. The summed E-state index contributed by atoms with van der Waals surface area (Å²) in [6.45, 7) is 4.08. The summed E-state index contributed by atoms with van der Waals surface area (Å²) in [7, 11) is 0. The standard InChI is InChI=1S/C46H80O5/c1-3-5-7-9-11-13-15-17-19-21-23-25-27-29-31-33-35-37-39-41-46(49)51-44(42-47)43-50-45(48)40-38-36-34-32-30-28-26-24-22-20-18-16-14-12-10-8-6-4-2/h11,13-14,16-17,19-20,22-23,25,44,47H,3-10,12,15,18,21,24,26-43H2,1-2H3/b13-11-,16-14-,19-17-,22-20-,25-23-. The summed E-state index contributed by atoms with van der Waals surface area (Å²) in [6, 6.07) is 0. The number of rotatable bonds is 38. The van der Waals surface area contributed by atoms with E-state index in [-0.39, 0.29) is 25.2 Å². The number of esters is 2. The van der Waals surface area contributed by atoms with Gasteiger partial charge < -0.3 is 14.6 Å². The highest BCUT2D eigenvalue weighted by molar-refractivity contribution is 5.70. The summed E-state index contributed by atoms with van der Waals surface area (Å²) in [5, 5.41) is 9.58. The van der Waals surface area contributed by atoms with E-state index < -0.39 is 6.10 Å². The molecule has 0 bridgehead atoms. The molecule has 0 spiro atoms. The number of hydrogen-bond donors (Lipinski definition) is 1. The SMILES string of the molecule is CCCCC/C=C\C/C=C\C/C=C\CCCCCCCCC(=O)OC(CO)COC(=O)CCCCCCCCC/C=C\C/C=C\CCCCCC. The Morgan fingerprint density at radius 3 is 1.22 bits per heavy atom. The van der Waals surface area contributed by atoms with Crippen LogP contribution >= 0.6 is 0 Å². The summed E-state index contributed by atoms with van der Waals surface area (Å²) in [6.07, 6.45) is 54.2. The van der Waals surface area contributed by atoms with Gasteiger partial charge in [0.2, 0.25) is 0 Å². The monoisotopic (exact) mass is 713 g/mol. The molecule has 0 radical (unpaired) electrons. The molecular formula is C46H80O5. The zero-order valence-corrected chi connectivity index (χ0v) is 33.4. The third kappa shape index (κ3) is 40.2. The van der Waals surface area contributed by atoms with E-state index in [1.807, 2.05) is 0 Å². The van der Waals surface area contributed by atoms with Gasteiger partial charge in [-0.1, -0.05) is 164 Å². The Bertz CT molecular complexity index is 899. The Morgan fingerprint density at radius 1 is 0.451 bits per heavy atom. The largest absolute Gasteiger partial charge is 0.462 e. The predicted octanol–water partition coefficient (Wildman–Crippen LogP) is 13.6. The van der Waals surface area contributed by atoms with Gasteiger partial charge in [-0.25, -0.2) is 0 Å². The molecule has 0 aliphatic carbocycles. The van der Waals surface area contributed by atoms with Crippen molar-refractivity contribution in [2.24, 2.45) is 0 Å². The van der Waals surface area contributed by atoms with E-state index in [2.05, 4.69) is 74.6 Å². The second-order valence-corrected chi connectivity index (χ2v) is 14.1. The van der Waals surface area contributed by atoms with Gasteiger partial charge in [0.25, 0.3) is 0 Å². The lowest BCUT2D eigenvalue weighted by Gasteiger charge is -2.15. The number of aliphatic hydroxyl groups excluding tert-OH is 1. The fourth-order valence-corrected chi connectivity index (χ4v) is 5.77. The van der Waals surface area contributed by atoms with Crippen LogP contribution in [0.5, 0.6) is 0 Å². The molecule has 5 heteroatoms. The highest BCUT2D eigenvalue weighted by Crippen LogP contribution is 2.13. The normalized spacial score (nSPS) is 12.8. The highest BCUT2D eigenvalue weighted by Gasteiger charge is 2.16. The number of carbonyl (C=O) groups excluding carboxylic acids is 2. The molecule has 1 N–H and O–H groups in total. The Balaban J connectivity index is 3.60. The predicted molar refractivity (Wildman–Crippen MR) is 219 cm³/mol. The lowest BCUT2D eigenvalue weighted by Crippen LogP contribution is -2.28. The molecule has 0 aromatic carbocycles. The van der Waals surface area contributed by atoms with Crippen LogP contribution < -0.4 is 0 Å². The van der Waals surface area contributed by atoms with Gasteiger partial charge in [-0.3, -0.25) is 9.59 Å². The minimum atomic E-state index is -0.784. The molecule has 0 aliphatic rings. The fourth-order valence-electron chi connectivity index (χ4n) is 5.77. The van der Waals surface area contributed by atoms with E-state index in [4.69, 9.17) is 9.47 Å². The minimum absolute atomic E-state index is 0.0773. The molecule has 0 aromatic heterocycles. The van der Waals surface area contributed by atoms with Crippen molar-refractivity contribution in [2.45, 2.75) is 206 Å². The molecule has 5 nitrogen and oxygen atoms in total. The highest BCUT2D eigenvalue weighted by atomic mass is 16.6. The van der Waals surface area contributed by atoms with Crippen molar-refractivity contribution in [3.63, 3.8) is 0 Å². The lowest BCUT2D eigenvalue weighted by atomic mass is 10.1. The summed E-state index contributed by atoms with van der Waals surface area (Å²) in [5.41, 5.74) is 0. The van der Waals surface area contributed by atoms with Crippen LogP contribution in [-0.4, -0.2) is 36.4 Å². The molecule has 1 unspecified atom stereocenters. The zero-order valence-electron chi connectivity index (χ0n) is 33.4. The molecule has 0 heterocycles. The van der Waals surface area contributed by atoms with Gasteiger partial charge >= 0.3 is 11.9 Å². The molecule has 0 saturated heterocycles. The minimum Gasteiger partial charge on any atom is -0.462 e. The third-order valence-electron chi connectivity index (χ3n) is 9.03. The lowest BCUT2D eigenvalue weighted by molar-refractivity contribution is -0.161. The number of unbranched alkanes of at least 4 members (excludes halogenated alkanes) is 20. The van der Waals surface area contributed by atoms with Crippen LogP contribution in [0.1, 0.15) is 200 Å². The number of ether oxygens (including phenoxy) is 2. The first-order valence-electron chi connectivity index (χ1n) is 21.3. The first-order valence-corrected chi connectivity index (χ1v) is 21.3. The summed E-state index contributed by atoms with van der Waals surface area (Å²) in [5.74, 6) is -0.615. The second kappa shape index (κ2) is 42.0. The molecule has 0 amide bonds. The summed E-state index contributed by atoms with van der Waals surface area (Å²) >= 11 is 0. The molecule has 0 aromatic rings. The van der Waals surface area contributed by atoms with E-state index in [1.165, 1.54) is 103 Å². The maximum absolute atomic E-state index is 12.2. The van der Waals surface area contributed by atoms with Crippen LogP contribution in [0, 0.1) is 0 Å². The molecule has 1 atom stereocenters. The fraction of sp³-hybridized carbons (Fsp3) is 0.739. The second-order valence-electron chi connectivity index (χ2n) is 14.1. The van der Waals surface area contributed by atoms with Gasteiger partial charge in [0.15, 0.2) is 6.10 Å². The van der Waals surface area contributed by atoms with Crippen LogP contribution in [0.25, 0.3) is 0 Å². The Kier molecular flexibility index (Phi) is 40.0. The topological polar surface area (TPSA) is 72.8 Å². The zero-order chi connectivity index (χ0) is 37.1. The van der Waals surface area contributed by atoms with Crippen molar-refractivity contribution in [1.29, 1.82) is 0 Å². The van der Waals surface area contributed by atoms with Crippen molar-refractivity contribution in [1.82, 2.24) is 0 Å². The number of carbonyl (C=O) groups is 2. The van der Waals surface area contributed by atoms with Gasteiger partial charge in [0.1, 0.15) is 6.61 Å². The van der Waals surface area contributed by atoms with E-state index >= 15 is 0 Å². The van der Waals surface area contributed by atoms with Crippen LogP contribution in [0.4, 0.5) is 0 Å². The van der Waals surface area contributed by atoms with Gasteiger partial charge in [-0.15, -0.1) is 0 Å². The summed E-state index contributed by atoms with van der Waals surface area (Å²) < 4.78 is 10.6. The summed E-state index contributed by atoms with van der Waals surface area (Å²) in [4.78, 5) is 24.3. The van der Waals surface area contributed by atoms with Gasteiger partial charge in [0, 0.05) is 12.8 Å². The Hall–Kier alpha value is -2.40. The quantitative estimate of drug-likeness (QED) is 0.0392. The molecule has 294 valence electrons. The first-order chi connectivity index (χ1) is 25.1. The molecule has 0 saturated carbocycles. The van der Waals surface area contributed by atoms with Crippen LogP contribution in [0.2, 0.25) is 0 Å². The maximum atomic E-state index is 12.2. The maximum Gasteiger partial charge on any atom is 0.306 e. The smallest absolute Gasteiger partial charge is 0.306 e. The molecule has 51 heavy (non-hydrogen) atoms. The van der Waals surface area contributed by atoms with Crippen molar-refractivity contribution in [3.05, 3.63) is 60.8 Å². The van der Waals surface area contributed by atoms with Gasteiger partial charge in [0.05, 0.1) is 6.61 Å². The van der Waals surface area contributed by atoms with E-state index in [0.717, 1.165) is 70.6 Å². The van der Waals surface area contributed by atoms with Gasteiger partial charge in [-0.2, -0.15) is 0 Å². The van der Waals surface area contributed by atoms with Crippen molar-refractivity contribution in [2.75, 3.05) is 13.2 Å². The van der Waals surface area contributed by atoms with Crippen molar-refractivity contribution in [3.8, 4) is 0 Å².